The molecule has 4 amide bonds. The molecule has 0 fully saturated rings. The number of carbonyl (C=O) groups excluding carboxylic acids is 5. The lowest BCUT2D eigenvalue weighted by atomic mass is 9.96. The molecule has 6 N–H and O–H groups in total. The van der Waals surface area contributed by atoms with Gasteiger partial charge in [0.15, 0.2) is 0 Å². The monoisotopic (exact) mass is 1150 g/mol. The molecule has 25 nitrogen and oxygen atoms in total. The summed E-state index contributed by atoms with van der Waals surface area (Å²) in [6.07, 6.45) is 8.51. The molecule has 3 rings (SSSR count). The summed E-state index contributed by atoms with van der Waals surface area (Å²) in [7, 11) is 0. The number of anilines is 1. The van der Waals surface area contributed by atoms with Crippen LogP contribution in [0.3, 0.4) is 0 Å². The number of amides is 4. The summed E-state index contributed by atoms with van der Waals surface area (Å²) in [6.45, 7) is 18.9. The van der Waals surface area contributed by atoms with Crippen LogP contribution in [0.15, 0.2) is 42.9 Å². The van der Waals surface area contributed by atoms with Gasteiger partial charge in [-0.3, -0.25) is 24.0 Å². The third kappa shape index (κ3) is 35.1. The highest BCUT2D eigenvalue weighted by molar-refractivity contribution is 5.97. The predicted octanol–water partition coefficient (Wildman–Crippen LogP) is 2.81. The number of ether oxygens (including phenoxy) is 10. The van der Waals surface area contributed by atoms with Gasteiger partial charge in [0.25, 0.3) is 0 Å². The van der Waals surface area contributed by atoms with E-state index in [1.165, 1.54) is 0 Å². The fourth-order valence-corrected chi connectivity index (χ4v) is 6.71. The van der Waals surface area contributed by atoms with Gasteiger partial charge in [-0.05, 0) is 70.7 Å². The van der Waals surface area contributed by atoms with Crippen LogP contribution in [0.4, 0.5) is 5.69 Å². The maximum absolute atomic E-state index is 13.1. The maximum atomic E-state index is 13.1. The minimum absolute atomic E-state index is 0.0665. The number of unbranched alkanes of at least 4 members (excludes halogenated alkanes) is 2. The van der Waals surface area contributed by atoms with E-state index in [1.54, 1.807) is 68.3 Å². The van der Waals surface area contributed by atoms with Crippen LogP contribution in [0, 0.1) is 17.3 Å². The molecule has 0 radical (unpaired) electrons. The largest absolute Gasteiger partial charge is 0.460 e. The average Bonchev–Trinajstić information content (AvgIpc) is 3.91. The van der Waals surface area contributed by atoms with Gasteiger partial charge >= 0.3 is 5.97 Å². The van der Waals surface area contributed by atoms with E-state index in [4.69, 9.17) is 53.1 Å². The molecule has 25 heteroatoms. The summed E-state index contributed by atoms with van der Waals surface area (Å²) in [5.41, 5.74) is 7.60. The first-order valence-corrected chi connectivity index (χ1v) is 28.0. The Morgan fingerprint density at radius 2 is 1.20 bits per heavy atom. The van der Waals surface area contributed by atoms with Crippen molar-refractivity contribution in [1.29, 1.82) is 0 Å². The van der Waals surface area contributed by atoms with E-state index in [2.05, 4.69) is 74.2 Å². The number of aromatic nitrogens is 5. The molecule has 0 bridgehead atoms. The SMILES string of the molecule is CC(C)(C)C(=O)OCc1ccc(NC(=O)[C@H](CCCCN)NC(=O)COCC(=O)NCCOCCOCCOCCOCCOCCOCCOCCOCCn2cc(CNC(=O)CCCC#Cc3cnc(C(C)(C)C)nc3)nn2)cc1. The van der Waals surface area contributed by atoms with Gasteiger partial charge in [-0.2, -0.15) is 0 Å². The Morgan fingerprint density at radius 1 is 0.646 bits per heavy atom. The number of nitrogens with zero attached hydrogens (tertiary/aromatic N) is 5. The van der Waals surface area contributed by atoms with Gasteiger partial charge in [0.05, 0.1) is 136 Å². The molecule has 0 aliphatic carbocycles. The van der Waals surface area contributed by atoms with Crippen molar-refractivity contribution >= 4 is 35.3 Å². The Bertz CT molecular complexity index is 2300. The zero-order valence-corrected chi connectivity index (χ0v) is 49.1. The quantitative estimate of drug-likeness (QED) is 0.0309. The number of hydrogen-bond acceptors (Lipinski definition) is 20. The third-order valence-electron chi connectivity index (χ3n) is 11.2. The molecule has 1 atom stereocenters. The number of hydrogen-bond donors (Lipinski definition) is 5. The Labute approximate surface area is 483 Å². The second-order valence-electron chi connectivity index (χ2n) is 20.6. The van der Waals surface area contributed by atoms with Crippen LogP contribution >= 0.6 is 0 Å². The lowest BCUT2D eigenvalue weighted by Crippen LogP contribution is -2.45. The molecule has 458 valence electrons. The highest BCUT2D eigenvalue weighted by Crippen LogP contribution is 2.19. The van der Waals surface area contributed by atoms with Crippen molar-refractivity contribution in [3.05, 3.63) is 65.5 Å². The predicted molar refractivity (Wildman–Crippen MR) is 303 cm³/mol. The van der Waals surface area contributed by atoms with Crippen LogP contribution in [0.25, 0.3) is 0 Å². The Morgan fingerprint density at radius 3 is 1.74 bits per heavy atom. The van der Waals surface area contributed by atoms with Crippen molar-refractivity contribution in [2.45, 2.75) is 111 Å². The first-order chi connectivity index (χ1) is 39.5. The number of nitrogens with one attached hydrogen (secondary N) is 4. The molecular formula is C57H90N10O15. The lowest BCUT2D eigenvalue weighted by molar-refractivity contribution is -0.154. The molecule has 0 aliphatic heterocycles. The lowest BCUT2D eigenvalue weighted by Gasteiger charge is -2.19. The molecule has 0 unspecified atom stereocenters. The average molecular weight is 1160 g/mol. The van der Waals surface area contributed by atoms with Crippen molar-refractivity contribution in [3.63, 3.8) is 0 Å². The number of rotatable bonds is 45. The maximum Gasteiger partial charge on any atom is 0.311 e. The molecule has 1 aromatic carbocycles. The fraction of sp³-hybridized carbons (Fsp3) is 0.667. The fourth-order valence-electron chi connectivity index (χ4n) is 6.71. The molecule has 0 saturated carbocycles. The zero-order chi connectivity index (χ0) is 59.5. The van der Waals surface area contributed by atoms with E-state index >= 15 is 0 Å². The van der Waals surface area contributed by atoms with E-state index in [0.717, 1.165) is 17.0 Å². The van der Waals surface area contributed by atoms with Crippen molar-refractivity contribution in [2.24, 2.45) is 11.1 Å². The van der Waals surface area contributed by atoms with Gasteiger partial charge in [-0.15, -0.1) is 5.10 Å². The summed E-state index contributed by atoms with van der Waals surface area (Å²) in [6, 6.07) is 6.02. The molecule has 2 aromatic heterocycles. The highest BCUT2D eigenvalue weighted by Gasteiger charge is 2.24. The van der Waals surface area contributed by atoms with Crippen molar-refractivity contribution in [3.8, 4) is 11.8 Å². The van der Waals surface area contributed by atoms with E-state index in [1.807, 2.05) is 0 Å². The van der Waals surface area contributed by atoms with Gasteiger partial charge in [0, 0.05) is 42.9 Å². The van der Waals surface area contributed by atoms with Gasteiger partial charge in [-0.1, -0.05) is 50.0 Å². The Balaban J connectivity index is 1.02. The normalized spacial score (nSPS) is 11.8. The summed E-state index contributed by atoms with van der Waals surface area (Å²) >= 11 is 0. The summed E-state index contributed by atoms with van der Waals surface area (Å²) in [4.78, 5) is 71.0. The van der Waals surface area contributed by atoms with Gasteiger partial charge in [0.2, 0.25) is 23.6 Å². The molecular weight excluding hydrogens is 1060 g/mol. The number of nitrogens with two attached hydrogens (primary N) is 1. The van der Waals surface area contributed by atoms with Gasteiger partial charge in [-0.25, -0.2) is 14.6 Å². The highest BCUT2D eigenvalue weighted by atomic mass is 16.6. The van der Waals surface area contributed by atoms with Gasteiger partial charge < -0.3 is 74.4 Å². The van der Waals surface area contributed by atoms with Crippen LogP contribution < -0.4 is 27.0 Å². The molecule has 3 aromatic rings. The van der Waals surface area contributed by atoms with E-state index in [9.17, 15) is 24.0 Å². The standard InChI is InChI=1S/C57H90N10O15/c1-56(2,3)54-61-38-46(39-62-54)12-8-7-9-14-50(68)60-40-48-41-67(66-65-48)21-23-74-25-27-76-29-31-78-33-35-80-37-36-79-34-32-77-30-28-75-26-24-73-22-20-59-51(69)43-81-44-52(70)64-49(13-10-11-19-58)53(71)63-47-17-15-45(16-18-47)42-82-55(72)57(4,5)6/h15-18,38-39,41,49H,7,9-11,13-14,19-37,40,42-44,58H2,1-6H3,(H,59,69)(H,60,68)(H,63,71)(H,64,70)/t49-/m0/s1. The molecule has 2 heterocycles. The van der Waals surface area contributed by atoms with Crippen LogP contribution in [0.1, 0.15) is 103 Å². The molecule has 0 spiro atoms. The summed E-state index contributed by atoms with van der Waals surface area (Å²) in [5, 5.41) is 19.2. The number of benzene rings is 1. The second-order valence-corrected chi connectivity index (χ2v) is 20.6. The molecule has 0 saturated heterocycles. The summed E-state index contributed by atoms with van der Waals surface area (Å²) < 4.78 is 56.6. The Kier molecular flexibility index (Phi) is 36.6. The van der Waals surface area contributed by atoms with Crippen LogP contribution in [0.2, 0.25) is 0 Å². The van der Waals surface area contributed by atoms with Crippen LogP contribution in [0.5, 0.6) is 0 Å². The van der Waals surface area contributed by atoms with Crippen LogP contribution in [-0.2, 0) is 96.5 Å². The second kappa shape index (κ2) is 42.7. The van der Waals surface area contributed by atoms with Crippen molar-refractivity contribution in [2.75, 3.05) is 137 Å². The van der Waals surface area contributed by atoms with E-state index in [-0.39, 0.29) is 43.7 Å². The minimum atomic E-state index is -0.847. The molecule has 82 heavy (non-hydrogen) atoms. The van der Waals surface area contributed by atoms with Crippen molar-refractivity contribution < 1.29 is 71.3 Å². The van der Waals surface area contributed by atoms with E-state index < -0.39 is 35.8 Å². The zero-order valence-electron chi connectivity index (χ0n) is 49.1. The first-order valence-electron chi connectivity index (χ1n) is 28.0. The minimum Gasteiger partial charge on any atom is -0.460 e. The Hall–Kier alpha value is -6.05. The van der Waals surface area contributed by atoms with Crippen LogP contribution in [-0.4, -0.2) is 193 Å². The van der Waals surface area contributed by atoms with Crippen molar-refractivity contribution in [1.82, 2.24) is 40.9 Å². The van der Waals surface area contributed by atoms with E-state index in [0.29, 0.717) is 169 Å². The third-order valence-corrected chi connectivity index (χ3v) is 11.2. The van der Waals surface area contributed by atoms with Gasteiger partial charge in [0.1, 0.15) is 37.4 Å². The first kappa shape index (κ1) is 70.2. The topological polar surface area (TPSA) is 308 Å². The summed E-state index contributed by atoms with van der Waals surface area (Å²) in [5.74, 6) is 5.14. The smallest absolute Gasteiger partial charge is 0.311 e. The number of esters is 1. The number of carbonyl (C=O) groups is 5. The molecule has 0 aliphatic rings.